The summed E-state index contributed by atoms with van der Waals surface area (Å²) >= 11 is 0. The van der Waals surface area contributed by atoms with Crippen molar-refractivity contribution in [2.75, 3.05) is 0 Å². The Morgan fingerprint density at radius 1 is 1.43 bits per heavy atom. The van der Waals surface area contributed by atoms with E-state index in [4.69, 9.17) is 0 Å². The first kappa shape index (κ1) is 8.87. The predicted octanol–water partition coefficient (Wildman–Crippen LogP) is 0.813. The smallest absolute Gasteiger partial charge is 0.157 e. The molecule has 14 heavy (non-hydrogen) atoms. The number of carbonyl (C=O) groups excluding carboxylic acids is 1. The van der Waals surface area contributed by atoms with Crippen LogP contribution in [0, 0.1) is 0 Å². The molecular formula is C10H11N3O. The van der Waals surface area contributed by atoms with Gasteiger partial charge in [-0.15, -0.1) is 0 Å². The SMILES string of the molecule is O=C1C=C(NCc2ccncn2)CC1. The van der Waals surface area contributed by atoms with E-state index in [1.54, 1.807) is 12.3 Å². The number of aromatic nitrogens is 2. The number of ketones is 1. The zero-order chi connectivity index (χ0) is 9.80. The van der Waals surface area contributed by atoms with E-state index < -0.39 is 0 Å². The highest BCUT2D eigenvalue weighted by molar-refractivity contribution is 5.92. The maximum absolute atomic E-state index is 10.9. The van der Waals surface area contributed by atoms with Crippen LogP contribution >= 0.6 is 0 Å². The van der Waals surface area contributed by atoms with Gasteiger partial charge in [-0.25, -0.2) is 9.97 Å². The first-order valence-electron chi connectivity index (χ1n) is 4.57. The summed E-state index contributed by atoms with van der Waals surface area (Å²) in [6, 6.07) is 1.85. The minimum Gasteiger partial charge on any atom is -0.383 e. The highest BCUT2D eigenvalue weighted by Gasteiger charge is 2.10. The van der Waals surface area contributed by atoms with E-state index in [9.17, 15) is 4.79 Å². The Balaban J connectivity index is 1.89. The number of hydrogen-bond acceptors (Lipinski definition) is 4. The molecule has 0 bridgehead atoms. The van der Waals surface area contributed by atoms with Gasteiger partial charge in [0.25, 0.3) is 0 Å². The van der Waals surface area contributed by atoms with Crippen molar-refractivity contribution in [3.05, 3.63) is 36.1 Å². The molecule has 4 nitrogen and oxygen atoms in total. The topological polar surface area (TPSA) is 54.9 Å². The fourth-order valence-electron chi connectivity index (χ4n) is 1.36. The third-order valence-corrected chi connectivity index (χ3v) is 2.12. The van der Waals surface area contributed by atoms with Crippen LogP contribution in [0.2, 0.25) is 0 Å². The molecule has 0 radical (unpaired) electrons. The molecule has 0 saturated heterocycles. The van der Waals surface area contributed by atoms with E-state index in [1.807, 2.05) is 6.07 Å². The Bertz CT molecular complexity index is 359. The quantitative estimate of drug-likeness (QED) is 0.764. The zero-order valence-corrected chi connectivity index (χ0v) is 7.73. The molecule has 0 amide bonds. The van der Waals surface area contributed by atoms with Gasteiger partial charge in [0, 0.05) is 24.4 Å². The molecule has 0 fully saturated rings. The van der Waals surface area contributed by atoms with Crippen LogP contribution in [0.3, 0.4) is 0 Å². The molecule has 0 saturated carbocycles. The molecule has 1 aromatic rings. The molecule has 1 heterocycles. The Kier molecular flexibility index (Phi) is 2.53. The lowest BCUT2D eigenvalue weighted by atomic mass is 10.3. The fraction of sp³-hybridized carbons (Fsp3) is 0.300. The van der Waals surface area contributed by atoms with Gasteiger partial charge in [-0.3, -0.25) is 4.79 Å². The minimum atomic E-state index is 0.204. The van der Waals surface area contributed by atoms with Crippen LogP contribution in [0.5, 0.6) is 0 Å². The zero-order valence-electron chi connectivity index (χ0n) is 7.73. The monoisotopic (exact) mass is 189 g/mol. The molecule has 4 heteroatoms. The maximum Gasteiger partial charge on any atom is 0.157 e. The molecule has 72 valence electrons. The molecule has 0 unspecified atom stereocenters. The second kappa shape index (κ2) is 4.00. The van der Waals surface area contributed by atoms with Gasteiger partial charge >= 0.3 is 0 Å². The number of nitrogens with zero attached hydrogens (tertiary/aromatic N) is 2. The lowest BCUT2D eigenvalue weighted by Gasteiger charge is -2.04. The summed E-state index contributed by atoms with van der Waals surface area (Å²) < 4.78 is 0. The molecule has 1 aromatic heterocycles. The number of allylic oxidation sites excluding steroid dienone is 2. The molecule has 1 N–H and O–H groups in total. The van der Waals surface area contributed by atoms with Crippen LogP contribution in [-0.2, 0) is 11.3 Å². The van der Waals surface area contributed by atoms with Crippen molar-refractivity contribution in [1.82, 2.24) is 15.3 Å². The highest BCUT2D eigenvalue weighted by Crippen LogP contribution is 2.11. The van der Waals surface area contributed by atoms with Crippen molar-refractivity contribution < 1.29 is 4.79 Å². The van der Waals surface area contributed by atoms with Crippen molar-refractivity contribution in [2.45, 2.75) is 19.4 Å². The van der Waals surface area contributed by atoms with Crippen molar-refractivity contribution in [2.24, 2.45) is 0 Å². The lowest BCUT2D eigenvalue weighted by Crippen LogP contribution is -2.12. The first-order valence-corrected chi connectivity index (χ1v) is 4.57. The van der Waals surface area contributed by atoms with Crippen LogP contribution < -0.4 is 5.32 Å². The second-order valence-electron chi connectivity index (χ2n) is 3.19. The Morgan fingerprint density at radius 2 is 2.36 bits per heavy atom. The first-order chi connectivity index (χ1) is 6.84. The average Bonchev–Trinajstić information content (AvgIpc) is 2.63. The van der Waals surface area contributed by atoms with Crippen LogP contribution in [0.15, 0.2) is 30.4 Å². The molecule has 0 aromatic carbocycles. The molecular weight excluding hydrogens is 178 g/mol. The number of rotatable bonds is 3. The van der Waals surface area contributed by atoms with Crippen LogP contribution in [0.25, 0.3) is 0 Å². The van der Waals surface area contributed by atoms with E-state index in [0.29, 0.717) is 13.0 Å². The number of carbonyl (C=O) groups is 1. The predicted molar refractivity (Wildman–Crippen MR) is 51.2 cm³/mol. The lowest BCUT2D eigenvalue weighted by molar-refractivity contribution is -0.114. The maximum atomic E-state index is 10.9. The normalized spacial score (nSPS) is 15.4. The number of nitrogens with one attached hydrogen (secondary N) is 1. The number of hydrogen-bond donors (Lipinski definition) is 1. The Labute approximate surface area is 82.1 Å². The van der Waals surface area contributed by atoms with Gasteiger partial charge in [-0.2, -0.15) is 0 Å². The molecule has 0 aliphatic heterocycles. The summed E-state index contributed by atoms with van der Waals surface area (Å²) in [5, 5.41) is 3.18. The van der Waals surface area contributed by atoms with Crippen LogP contribution in [-0.4, -0.2) is 15.8 Å². The van der Waals surface area contributed by atoms with E-state index in [0.717, 1.165) is 17.8 Å². The van der Waals surface area contributed by atoms with Gasteiger partial charge in [0.1, 0.15) is 6.33 Å². The van der Waals surface area contributed by atoms with E-state index >= 15 is 0 Å². The van der Waals surface area contributed by atoms with Gasteiger partial charge in [-0.05, 0) is 12.5 Å². The van der Waals surface area contributed by atoms with Crippen molar-refractivity contribution in [3.8, 4) is 0 Å². The van der Waals surface area contributed by atoms with E-state index in [2.05, 4.69) is 15.3 Å². The Hall–Kier alpha value is -1.71. The van der Waals surface area contributed by atoms with E-state index in [-0.39, 0.29) is 5.78 Å². The summed E-state index contributed by atoms with van der Waals surface area (Å²) in [7, 11) is 0. The third-order valence-electron chi connectivity index (χ3n) is 2.12. The summed E-state index contributed by atoms with van der Waals surface area (Å²) in [6.45, 7) is 0.654. The largest absolute Gasteiger partial charge is 0.383 e. The third kappa shape index (κ3) is 2.16. The summed E-state index contributed by atoms with van der Waals surface area (Å²) in [4.78, 5) is 18.8. The van der Waals surface area contributed by atoms with Crippen molar-refractivity contribution in [3.63, 3.8) is 0 Å². The fourth-order valence-corrected chi connectivity index (χ4v) is 1.36. The standard InChI is InChI=1S/C10H11N3O/c14-10-2-1-8(5-10)12-6-9-3-4-11-7-13-9/h3-5,7,12H,1-2,6H2. The van der Waals surface area contributed by atoms with E-state index in [1.165, 1.54) is 6.33 Å². The summed E-state index contributed by atoms with van der Waals surface area (Å²) in [5.74, 6) is 0.204. The van der Waals surface area contributed by atoms with Gasteiger partial charge in [0.05, 0.1) is 12.2 Å². The average molecular weight is 189 g/mol. The molecule has 1 aliphatic rings. The summed E-state index contributed by atoms with van der Waals surface area (Å²) in [6.07, 6.45) is 6.35. The summed E-state index contributed by atoms with van der Waals surface area (Å²) in [5.41, 5.74) is 1.94. The van der Waals surface area contributed by atoms with Crippen molar-refractivity contribution >= 4 is 5.78 Å². The molecule has 0 spiro atoms. The van der Waals surface area contributed by atoms with Gasteiger partial charge in [0.2, 0.25) is 0 Å². The Morgan fingerprint density at radius 3 is 3.00 bits per heavy atom. The minimum absolute atomic E-state index is 0.204. The molecule has 0 atom stereocenters. The van der Waals surface area contributed by atoms with Gasteiger partial charge in [-0.1, -0.05) is 0 Å². The van der Waals surface area contributed by atoms with Crippen molar-refractivity contribution in [1.29, 1.82) is 0 Å². The van der Waals surface area contributed by atoms with Gasteiger partial charge < -0.3 is 5.32 Å². The van der Waals surface area contributed by atoms with Gasteiger partial charge in [0.15, 0.2) is 5.78 Å². The van der Waals surface area contributed by atoms with Crippen LogP contribution in [0.1, 0.15) is 18.5 Å². The van der Waals surface area contributed by atoms with Crippen LogP contribution in [0.4, 0.5) is 0 Å². The molecule has 2 rings (SSSR count). The second-order valence-corrected chi connectivity index (χ2v) is 3.19. The highest BCUT2D eigenvalue weighted by atomic mass is 16.1. The molecule has 1 aliphatic carbocycles.